The van der Waals surface area contributed by atoms with Crippen molar-refractivity contribution in [2.45, 2.75) is 45.1 Å². The number of nitrogens with one attached hydrogen (secondary N) is 1. The monoisotopic (exact) mass is 493 g/mol. The Morgan fingerprint density at radius 3 is 2.53 bits per heavy atom. The van der Waals surface area contributed by atoms with Crippen molar-refractivity contribution in [1.29, 1.82) is 0 Å². The molecule has 0 bridgehead atoms. The van der Waals surface area contributed by atoms with E-state index < -0.39 is 44.2 Å². The Morgan fingerprint density at radius 1 is 1.21 bits per heavy atom. The zero-order chi connectivity index (χ0) is 25.1. The van der Waals surface area contributed by atoms with Gasteiger partial charge < -0.3 is 10.1 Å². The van der Waals surface area contributed by atoms with Crippen LogP contribution in [0.5, 0.6) is 5.88 Å². The van der Waals surface area contributed by atoms with Crippen LogP contribution in [-0.2, 0) is 20.0 Å². The Balaban J connectivity index is 1.76. The number of carbonyl (C=O) groups is 2. The number of anilines is 2. The highest BCUT2D eigenvalue weighted by Gasteiger charge is 2.48. The molecular weight excluding hydrogens is 468 g/mol. The van der Waals surface area contributed by atoms with Crippen molar-refractivity contribution < 1.29 is 31.5 Å². The number of hydrogen-bond acceptors (Lipinski definition) is 6. The Kier molecular flexibility index (Phi) is 5.66. The van der Waals surface area contributed by atoms with E-state index in [1.165, 1.54) is 12.1 Å². The molecule has 2 aromatic rings. The standard InChI is InChI=1S/C23H25F2N3O5S/c1-5-33-18-10-17(16(25)11-26-18)28-19-14(22(2,3)21(28)30)8-13(9-15(19)24)20(29)27-23(4)6-7-34(31,32)12-23/h8-11H,5-7,12H2,1-4H3,(H,27,29)/t23-/m0/s1. The maximum Gasteiger partial charge on any atom is 0.251 e. The Morgan fingerprint density at radius 2 is 1.91 bits per heavy atom. The third-order valence-corrected chi connectivity index (χ3v) is 8.13. The number of ether oxygens (including phenoxy) is 1. The fourth-order valence-electron chi connectivity index (χ4n) is 4.42. The van der Waals surface area contributed by atoms with Gasteiger partial charge in [0.25, 0.3) is 5.91 Å². The van der Waals surface area contributed by atoms with Gasteiger partial charge in [0.15, 0.2) is 15.7 Å². The number of fused-ring (bicyclic) bond motifs is 1. The summed E-state index contributed by atoms with van der Waals surface area (Å²) in [6.07, 6.45) is 1.14. The summed E-state index contributed by atoms with van der Waals surface area (Å²) in [5.41, 5.74) is -2.47. The average molecular weight is 494 g/mol. The highest BCUT2D eigenvalue weighted by molar-refractivity contribution is 7.91. The highest BCUT2D eigenvalue weighted by atomic mass is 32.2. The average Bonchev–Trinajstić information content (AvgIpc) is 3.13. The van der Waals surface area contributed by atoms with E-state index in [-0.39, 0.29) is 52.9 Å². The molecule has 1 fully saturated rings. The van der Waals surface area contributed by atoms with Crippen molar-refractivity contribution in [1.82, 2.24) is 10.3 Å². The van der Waals surface area contributed by atoms with Crippen molar-refractivity contribution in [2.75, 3.05) is 23.0 Å². The molecule has 2 amide bonds. The lowest BCUT2D eigenvalue weighted by molar-refractivity contribution is -0.121. The number of aromatic nitrogens is 1. The normalized spacial score (nSPS) is 22.5. The zero-order valence-corrected chi connectivity index (χ0v) is 20.1. The molecule has 2 aliphatic rings. The van der Waals surface area contributed by atoms with Crippen LogP contribution in [0.2, 0.25) is 0 Å². The summed E-state index contributed by atoms with van der Waals surface area (Å²) in [4.78, 5) is 31.0. The smallest absolute Gasteiger partial charge is 0.251 e. The number of hydrogen-bond donors (Lipinski definition) is 1. The molecular formula is C23H25F2N3O5S. The van der Waals surface area contributed by atoms with E-state index >= 15 is 4.39 Å². The number of rotatable bonds is 5. The number of amides is 2. The van der Waals surface area contributed by atoms with Crippen molar-refractivity contribution in [3.05, 3.63) is 47.2 Å². The lowest BCUT2D eigenvalue weighted by Gasteiger charge is -2.24. The van der Waals surface area contributed by atoms with Crippen LogP contribution in [-0.4, -0.2) is 48.9 Å². The largest absolute Gasteiger partial charge is 0.478 e. The van der Waals surface area contributed by atoms with E-state index in [0.29, 0.717) is 0 Å². The van der Waals surface area contributed by atoms with E-state index in [4.69, 9.17) is 4.74 Å². The predicted octanol–water partition coefficient (Wildman–Crippen LogP) is 3.02. The van der Waals surface area contributed by atoms with E-state index in [1.807, 2.05) is 0 Å². The van der Waals surface area contributed by atoms with Crippen molar-refractivity contribution in [2.24, 2.45) is 0 Å². The quantitative estimate of drug-likeness (QED) is 0.687. The SMILES string of the molecule is CCOc1cc(N2C(=O)C(C)(C)c3cc(C(=O)N[C@@]4(C)CCS(=O)(=O)C4)cc(F)c32)c(F)cn1. The van der Waals surface area contributed by atoms with Crippen LogP contribution in [0.25, 0.3) is 0 Å². The predicted molar refractivity (Wildman–Crippen MR) is 121 cm³/mol. The molecule has 182 valence electrons. The Bertz CT molecular complexity index is 1310. The maximum atomic E-state index is 15.4. The van der Waals surface area contributed by atoms with E-state index in [9.17, 15) is 22.4 Å². The zero-order valence-electron chi connectivity index (χ0n) is 19.2. The number of benzene rings is 1. The van der Waals surface area contributed by atoms with Gasteiger partial charge in [0.1, 0.15) is 5.82 Å². The number of halogens is 2. The molecule has 8 nitrogen and oxygen atoms in total. The molecule has 0 aliphatic carbocycles. The summed E-state index contributed by atoms with van der Waals surface area (Å²) >= 11 is 0. The Hall–Kier alpha value is -3.08. The van der Waals surface area contributed by atoms with E-state index in [0.717, 1.165) is 17.2 Å². The van der Waals surface area contributed by atoms with Crippen molar-refractivity contribution in [3.63, 3.8) is 0 Å². The minimum Gasteiger partial charge on any atom is -0.478 e. The van der Waals surface area contributed by atoms with Crippen LogP contribution in [0, 0.1) is 11.6 Å². The van der Waals surface area contributed by atoms with Gasteiger partial charge in [0.05, 0.1) is 46.6 Å². The minimum absolute atomic E-state index is 0.0416. The molecule has 1 N–H and O–H groups in total. The molecule has 1 saturated heterocycles. The summed E-state index contributed by atoms with van der Waals surface area (Å²) < 4.78 is 59.2. The number of pyridine rings is 1. The topological polar surface area (TPSA) is 106 Å². The molecule has 0 unspecified atom stereocenters. The third kappa shape index (κ3) is 4.02. The fourth-order valence-corrected chi connectivity index (χ4v) is 6.52. The second-order valence-corrected chi connectivity index (χ2v) is 11.6. The number of nitrogens with zero attached hydrogens (tertiary/aromatic N) is 2. The lowest BCUT2D eigenvalue weighted by Crippen LogP contribution is -2.47. The molecule has 1 atom stereocenters. The maximum absolute atomic E-state index is 15.4. The van der Waals surface area contributed by atoms with Crippen LogP contribution in [0.3, 0.4) is 0 Å². The van der Waals surface area contributed by atoms with Gasteiger partial charge in [0, 0.05) is 11.6 Å². The molecule has 1 aromatic heterocycles. The van der Waals surface area contributed by atoms with E-state index in [2.05, 4.69) is 10.3 Å². The summed E-state index contributed by atoms with van der Waals surface area (Å²) in [7, 11) is -3.27. The second-order valence-electron chi connectivity index (χ2n) is 9.38. The molecule has 11 heteroatoms. The summed E-state index contributed by atoms with van der Waals surface area (Å²) in [5, 5.41) is 2.69. The van der Waals surface area contributed by atoms with Crippen molar-refractivity contribution in [3.8, 4) is 5.88 Å². The van der Waals surface area contributed by atoms with Gasteiger partial charge in [-0.15, -0.1) is 0 Å². The highest BCUT2D eigenvalue weighted by Crippen LogP contribution is 2.48. The van der Waals surface area contributed by atoms with Crippen molar-refractivity contribution >= 4 is 33.0 Å². The molecule has 34 heavy (non-hydrogen) atoms. The van der Waals surface area contributed by atoms with Crippen LogP contribution >= 0.6 is 0 Å². The first-order chi connectivity index (χ1) is 15.8. The molecule has 0 saturated carbocycles. The first-order valence-electron chi connectivity index (χ1n) is 10.8. The third-order valence-electron chi connectivity index (χ3n) is 6.22. The molecule has 4 rings (SSSR count). The van der Waals surface area contributed by atoms with E-state index in [1.54, 1.807) is 27.7 Å². The van der Waals surface area contributed by atoms with Crippen LogP contribution in [0.15, 0.2) is 24.4 Å². The van der Waals surface area contributed by atoms with Gasteiger partial charge in [-0.3, -0.25) is 14.5 Å². The minimum atomic E-state index is -3.27. The Labute approximate surface area is 196 Å². The molecule has 2 aliphatic heterocycles. The van der Waals surface area contributed by atoms with Gasteiger partial charge in [-0.2, -0.15) is 0 Å². The second kappa shape index (κ2) is 8.00. The first kappa shape index (κ1) is 24.1. The molecule has 3 heterocycles. The molecule has 1 aromatic carbocycles. The summed E-state index contributed by atoms with van der Waals surface area (Å²) in [6.45, 7) is 6.72. The first-order valence-corrected chi connectivity index (χ1v) is 12.6. The molecule has 0 radical (unpaired) electrons. The summed E-state index contributed by atoms with van der Waals surface area (Å²) in [6, 6.07) is 3.58. The van der Waals surface area contributed by atoms with Crippen LogP contribution in [0.4, 0.5) is 20.2 Å². The van der Waals surface area contributed by atoms with Gasteiger partial charge >= 0.3 is 0 Å². The number of carbonyl (C=O) groups excluding carboxylic acids is 2. The van der Waals surface area contributed by atoms with Gasteiger partial charge in [0.2, 0.25) is 11.8 Å². The fraction of sp³-hybridized carbons (Fsp3) is 0.435. The van der Waals surface area contributed by atoms with Gasteiger partial charge in [-0.25, -0.2) is 22.2 Å². The number of sulfone groups is 1. The van der Waals surface area contributed by atoms with Crippen LogP contribution < -0.4 is 15.0 Å². The van der Waals surface area contributed by atoms with Gasteiger partial charge in [-0.1, -0.05) is 0 Å². The lowest BCUT2D eigenvalue weighted by atomic mass is 9.85. The van der Waals surface area contributed by atoms with Crippen LogP contribution in [0.1, 0.15) is 50.0 Å². The van der Waals surface area contributed by atoms with Gasteiger partial charge in [-0.05, 0) is 51.8 Å². The summed E-state index contributed by atoms with van der Waals surface area (Å²) in [5.74, 6) is -3.14. The molecule has 0 spiro atoms.